The highest BCUT2D eigenvalue weighted by Gasteiger charge is 2.49. The van der Waals surface area contributed by atoms with Crippen molar-refractivity contribution < 1.29 is 24.8 Å². The fourth-order valence-corrected chi connectivity index (χ4v) is 2.37. The van der Waals surface area contributed by atoms with Gasteiger partial charge in [-0.2, -0.15) is 0 Å². The summed E-state index contributed by atoms with van der Waals surface area (Å²) in [6, 6.07) is 0. The van der Waals surface area contributed by atoms with Gasteiger partial charge >= 0.3 is 0 Å². The van der Waals surface area contributed by atoms with Gasteiger partial charge in [0.1, 0.15) is 18.3 Å². The molecule has 0 amide bonds. The van der Waals surface area contributed by atoms with Crippen molar-refractivity contribution in [3.8, 4) is 0 Å². The lowest BCUT2D eigenvalue weighted by molar-refractivity contribution is -0.213. The van der Waals surface area contributed by atoms with Crippen LogP contribution < -0.4 is 0 Å². The largest absolute Gasteiger partial charge is 0.462 e. The molecule has 2 rings (SSSR count). The minimum Gasteiger partial charge on any atom is -0.462 e. The first kappa shape index (κ1) is 12.8. The van der Waals surface area contributed by atoms with Gasteiger partial charge < -0.3 is 24.8 Å². The second-order valence-electron chi connectivity index (χ2n) is 3.81. The molecule has 0 aliphatic carbocycles. The van der Waals surface area contributed by atoms with E-state index in [1.807, 2.05) is 0 Å². The minimum absolute atomic E-state index is 0.369. The molecule has 0 aromatic carbocycles. The number of aliphatic imine (C=N–C) groups is 1. The summed E-state index contributed by atoms with van der Waals surface area (Å²) in [7, 11) is 0. The first-order valence-corrected chi connectivity index (χ1v) is 6.26. The molecular formula is C10H15NO5S. The van der Waals surface area contributed by atoms with Crippen molar-refractivity contribution in [2.45, 2.75) is 30.6 Å². The quantitative estimate of drug-likeness (QED) is 0.570. The summed E-state index contributed by atoms with van der Waals surface area (Å²) >= 11 is 1.34. The van der Waals surface area contributed by atoms with Crippen LogP contribution in [0.3, 0.4) is 0 Å². The molecule has 3 N–H and O–H groups in total. The highest BCUT2D eigenvalue weighted by atomic mass is 32.2. The normalized spacial score (nSPS) is 40.4. The highest BCUT2D eigenvalue weighted by Crippen LogP contribution is 2.30. The molecule has 0 unspecified atom stereocenters. The number of ether oxygens (including phenoxy) is 2. The number of aliphatic hydroxyl groups excluding tert-OH is 3. The van der Waals surface area contributed by atoms with E-state index in [9.17, 15) is 10.2 Å². The van der Waals surface area contributed by atoms with Gasteiger partial charge in [0.15, 0.2) is 12.3 Å². The van der Waals surface area contributed by atoms with E-state index in [2.05, 4.69) is 11.6 Å². The second-order valence-corrected chi connectivity index (χ2v) is 4.78. The van der Waals surface area contributed by atoms with E-state index in [1.54, 1.807) is 6.08 Å². The standard InChI is InChI=1S/C10H15NO5S/c1-2-3-17-10-11-9-8(16-10)7(14)6(13)5(4-12)15-9/h2,5-9,12-14H,1,3-4H2/t5-,6-,7+,8-,9+/m1/s1. The van der Waals surface area contributed by atoms with Crippen LogP contribution in [0.4, 0.5) is 0 Å². The Balaban J connectivity index is 2.03. The Bertz CT molecular complexity index is 324. The molecule has 0 radical (unpaired) electrons. The molecule has 1 fully saturated rings. The maximum atomic E-state index is 9.82. The molecule has 0 bridgehead atoms. The molecule has 2 aliphatic heterocycles. The number of hydrogen-bond acceptors (Lipinski definition) is 7. The zero-order chi connectivity index (χ0) is 12.4. The van der Waals surface area contributed by atoms with Crippen molar-refractivity contribution in [2.24, 2.45) is 4.99 Å². The van der Waals surface area contributed by atoms with Gasteiger partial charge in [-0.3, -0.25) is 0 Å². The van der Waals surface area contributed by atoms with E-state index in [0.29, 0.717) is 11.0 Å². The minimum atomic E-state index is -1.17. The molecule has 0 spiro atoms. The molecule has 96 valence electrons. The smallest absolute Gasteiger partial charge is 0.249 e. The number of rotatable bonds is 3. The Morgan fingerprint density at radius 2 is 2.18 bits per heavy atom. The monoisotopic (exact) mass is 261 g/mol. The molecule has 6 nitrogen and oxygen atoms in total. The first-order chi connectivity index (χ1) is 8.17. The van der Waals surface area contributed by atoms with Crippen LogP contribution in [0, 0.1) is 0 Å². The second kappa shape index (κ2) is 5.36. The Morgan fingerprint density at radius 1 is 1.41 bits per heavy atom. The van der Waals surface area contributed by atoms with Gasteiger partial charge in [-0.25, -0.2) is 4.99 Å². The van der Waals surface area contributed by atoms with Gasteiger partial charge in [-0.1, -0.05) is 17.8 Å². The van der Waals surface area contributed by atoms with Crippen LogP contribution >= 0.6 is 11.8 Å². The maximum absolute atomic E-state index is 9.82. The van der Waals surface area contributed by atoms with Crippen LogP contribution in [0.15, 0.2) is 17.6 Å². The molecule has 7 heteroatoms. The van der Waals surface area contributed by atoms with E-state index in [-0.39, 0.29) is 6.61 Å². The van der Waals surface area contributed by atoms with E-state index in [0.717, 1.165) is 0 Å². The van der Waals surface area contributed by atoms with Crippen LogP contribution in [0.1, 0.15) is 0 Å². The van der Waals surface area contributed by atoms with E-state index in [4.69, 9.17) is 14.6 Å². The molecule has 0 saturated carbocycles. The number of fused-ring (bicyclic) bond motifs is 1. The molecular weight excluding hydrogens is 246 g/mol. The fraction of sp³-hybridized carbons (Fsp3) is 0.700. The Hall–Kier alpha value is -0.600. The van der Waals surface area contributed by atoms with Crippen molar-refractivity contribution in [2.75, 3.05) is 12.4 Å². The molecule has 0 aromatic rings. The Kier molecular flexibility index (Phi) is 4.05. The van der Waals surface area contributed by atoms with Gasteiger partial charge in [0, 0.05) is 5.75 Å². The van der Waals surface area contributed by atoms with Crippen molar-refractivity contribution in [3.05, 3.63) is 12.7 Å². The van der Waals surface area contributed by atoms with Gasteiger partial charge in [0.2, 0.25) is 5.23 Å². The number of thioether (sulfide) groups is 1. The van der Waals surface area contributed by atoms with Gasteiger partial charge in [-0.15, -0.1) is 6.58 Å². The van der Waals surface area contributed by atoms with Crippen LogP contribution in [0.2, 0.25) is 0 Å². The van der Waals surface area contributed by atoms with Gasteiger partial charge in [0.05, 0.1) is 6.61 Å². The van der Waals surface area contributed by atoms with Crippen LogP contribution in [0.5, 0.6) is 0 Å². The predicted octanol–water partition coefficient (Wildman–Crippen LogP) is -0.901. The average Bonchev–Trinajstić information content (AvgIpc) is 2.74. The summed E-state index contributed by atoms with van der Waals surface area (Å²) in [6.07, 6.45) is -2.78. The van der Waals surface area contributed by atoms with E-state index < -0.39 is 30.6 Å². The predicted molar refractivity (Wildman–Crippen MR) is 62.7 cm³/mol. The lowest BCUT2D eigenvalue weighted by Crippen LogP contribution is -2.57. The summed E-state index contributed by atoms with van der Waals surface area (Å²) in [5.41, 5.74) is 0. The van der Waals surface area contributed by atoms with Crippen LogP contribution in [-0.2, 0) is 9.47 Å². The third kappa shape index (κ3) is 2.48. The summed E-state index contributed by atoms with van der Waals surface area (Å²) < 4.78 is 10.7. The molecule has 2 aliphatic rings. The lowest BCUT2D eigenvalue weighted by atomic mass is 9.99. The highest BCUT2D eigenvalue weighted by molar-refractivity contribution is 8.13. The fourth-order valence-electron chi connectivity index (χ4n) is 1.76. The van der Waals surface area contributed by atoms with Crippen molar-refractivity contribution in [1.82, 2.24) is 0 Å². The zero-order valence-electron chi connectivity index (χ0n) is 9.10. The maximum Gasteiger partial charge on any atom is 0.249 e. The summed E-state index contributed by atoms with van der Waals surface area (Å²) in [5.74, 6) is 0.639. The van der Waals surface area contributed by atoms with Crippen molar-refractivity contribution >= 4 is 17.0 Å². The lowest BCUT2D eigenvalue weighted by Gasteiger charge is -2.36. The molecule has 2 heterocycles. The topological polar surface area (TPSA) is 91.5 Å². The Labute approximate surface area is 103 Å². The first-order valence-electron chi connectivity index (χ1n) is 5.28. The molecule has 17 heavy (non-hydrogen) atoms. The van der Waals surface area contributed by atoms with Gasteiger partial charge in [0.25, 0.3) is 0 Å². The number of hydrogen-bond donors (Lipinski definition) is 3. The summed E-state index contributed by atoms with van der Waals surface area (Å²) in [6.45, 7) is 3.21. The number of aliphatic hydroxyl groups is 3. The third-order valence-corrected chi connectivity index (χ3v) is 3.49. The third-order valence-electron chi connectivity index (χ3n) is 2.64. The molecule has 0 aromatic heterocycles. The van der Waals surface area contributed by atoms with Crippen molar-refractivity contribution in [1.29, 1.82) is 0 Å². The average molecular weight is 261 g/mol. The van der Waals surface area contributed by atoms with Gasteiger partial charge in [-0.05, 0) is 0 Å². The SMILES string of the molecule is C=CCSC1=N[C@H]2O[C@H](CO)[C@@H](O)[C@H](O)[C@H]2O1. The zero-order valence-corrected chi connectivity index (χ0v) is 9.92. The van der Waals surface area contributed by atoms with Crippen LogP contribution in [0.25, 0.3) is 0 Å². The molecule has 5 atom stereocenters. The van der Waals surface area contributed by atoms with E-state index in [1.165, 1.54) is 11.8 Å². The van der Waals surface area contributed by atoms with Crippen LogP contribution in [-0.4, -0.2) is 63.6 Å². The Morgan fingerprint density at radius 3 is 2.82 bits per heavy atom. The molecule has 1 saturated heterocycles. The number of nitrogens with zero attached hydrogens (tertiary/aromatic N) is 1. The van der Waals surface area contributed by atoms with E-state index >= 15 is 0 Å². The summed E-state index contributed by atoms with van der Waals surface area (Å²) in [4.78, 5) is 4.14. The summed E-state index contributed by atoms with van der Waals surface area (Å²) in [5, 5.41) is 28.9. The van der Waals surface area contributed by atoms with Crippen molar-refractivity contribution in [3.63, 3.8) is 0 Å².